The van der Waals surface area contributed by atoms with Gasteiger partial charge in [0.1, 0.15) is 6.61 Å². The number of halogens is 2. The predicted molar refractivity (Wildman–Crippen MR) is 92.3 cm³/mol. The summed E-state index contributed by atoms with van der Waals surface area (Å²) >= 11 is 6.92. The smallest absolute Gasteiger partial charge is 0.153 e. The zero-order valence-corrected chi connectivity index (χ0v) is 14.2. The van der Waals surface area contributed by atoms with E-state index in [0.717, 1.165) is 25.4 Å². The second-order valence-electron chi connectivity index (χ2n) is 4.62. The molecule has 0 aliphatic carbocycles. The lowest BCUT2D eigenvalue weighted by Crippen LogP contribution is -2.00. The Balaban J connectivity index is 1.96. The van der Waals surface area contributed by atoms with E-state index in [1.807, 2.05) is 42.5 Å². The van der Waals surface area contributed by atoms with Crippen molar-refractivity contribution >= 4 is 48.5 Å². The predicted octanol–water partition coefficient (Wildman–Crippen LogP) is 4.92. The van der Waals surface area contributed by atoms with Gasteiger partial charge in [0.15, 0.2) is 5.75 Å². The maximum absolute atomic E-state index is 6.02. The topological polar surface area (TPSA) is 48.1 Å². The number of fused-ring (bicyclic) bond motifs is 1. The lowest BCUT2D eigenvalue weighted by molar-refractivity contribution is 0.311. The number of nitrogens with zero attached hydrogens (tertiary/aromatic N) is 1. The van der Waals surface area contributed by atoms with Crippen LogP contribution in [0.25, 0.3) is 10.9 Å². The molecule has 3 rings (SSSR count). The van der Waals surface area contributed by atoms with Crippen LogP contribution in [-0.2, 0) is 6.61 Å². The lowest BCUT2D eigenvalue weighted by atomic mass is 10.2. The van der Waals surface area contributed by atoms with Gasteiger partial charge in [-0.15, -0.1) is 0 Å². The zero-order valence-electron chi connectivity index (χ0n) is 11.0. The molecule has 0 spiro atoms. The number of ether oxygens (including phenoxy) is 1. The summed E-state index contributed by atoms with van der Waals surface area (Å²) in [6, 6.07) is 13.9. The van der Waals surface area contributed by atoms with Crippen LogP contribution < -0.4 is 10.5 Å². The maximum Gasteiger partial charge on any atom is 0.153 e. The summed E-state index contributed by atoms with van der Waals surface area (Å²) in [7, 11) is 0. The summed E-state index contributed by atoms with van der Waals surface area (Å²) in [6.07, 6.45) is 1.63. The summed E-state index contributed by atoms with van der Waals surface area (Å²) in [5.41, 5.74) is 8.49. The maximum atomic E-state index is 6.02. The van der Waals surface area contributed by atoms with Crippen LogP contribution in [0.3, 0.4) is 0 Å². The van der Waals surface area contributed by atoms with Crippen LogP contribution in [0.15, 0.2) is 57.6 Å². The fourth-order valence-electron chi connectivity index (χ4n) is 2.10. The highest BCUT2D eigenvalue weighted by atomic mass is 79.9. The summed E-state index contributed by atoms with van der Waals surface area (Å²) in [5, 5.41) is 0.902. The Bertz CT molecular complexity index is 800. The quantitative estimate of drug-likeness (QED) is 0.670. The van der Waals surface area contributed by atoms with E-state index in [-0.39, 0.29) is 0 Å². The van der Waals surface area contributed by atoms with Crippen LogP contribution >= 0.6 is 31.9 Å². The van der Waals surface area contributed by atoms with E-state index in [2.05, 4.69) is 36.8 Å². The van der Waals surface area contributed by atoms with Crippen molar-refractivity contribution in [3.05, 3.63) is 63.2 Å². The summed E-state index contributed by atoms with van der Waals surface area (Å²) in [4.78, 5) is 4.32. The third-order valence-electron chi connectivity index (χ3n) is 3.08. The Morgan fingerprint density at radius 2 is 1.86 bits per heavy atom. The molecule has 21 heavy (non-hydrogen) atoms. The molecule has 1 heterocycles. The van der Waals surface area contributed by atoms with E-state index in [1.54, 1.807) is 6.20 Å². The molecule has 0 amide bonds. The molecule has 0 fully saturated rings. The fourth-order valence-corrected chi connectivity index (χ4v) is 2.91. The molecule has 0 unspecified atom stereocenters. The molecule has 0 radical (unpaired) electrons. The number of hydrogen-bond acceptors (Lipinski definition) is 3. The van der Waals surface area contributed by atoms with Crippen molar-refractivity contribution in [1.29, 1.82) is 0 Å². The van der Waals surface area contributed by atoms with Gasteiger partial charge in [0.05, 0.1) is 17.4 Å². The monoisotopic (exact) mass is 406 g/mol. The molecule has 2 aromatic carbocycles. The molecule has 0 aliphatic heterocycles. The summed E-state index contributed by atoms with van der Waals surface area (Å²) in [5.74, 6) is 0.668. The molecule has 0 saturated carbocycles. The number of benzene rings is 2. The van der Waals surface area contributed by atoms with Gasteiger partial charge < -0.3 is 10.5 Å². The minimum atomic E-state index is 0.454. The molecule has 2 N–H and O–H groups in total. The van der Waals surface area contributed by atoms with Crippen molar-refractivity contribution in [3.63, 3.8) is 0 Å². The van der Waals surface area contributed by atoms with Crippen molar-refractivity contribution in [1.82, 2.24) is 4.98 Å². The van der Waals surface area contributed by atoms with Crippen molar-refractivity contribution in [2.24, 2.45) is 0 Å². The number of anilines is 1. The highest BCUT2D eigenvalue weighted by Crippen LogP contribution is 2.32. The van der Waals surface area contributed by atoms with Gasteiger partial charge >= 0.3 is 0 Å². The number of nitrogen functional groups attached to an aromatic ring is 1. The number of aromatic nitrogens is 1. The third-order valence-corrected chi connectivity index (χ3v) is 4.07. The van der Waals surface area contributed by atoms with Crippen LogP contribution in [0, 0.1) is 0 Å². The average Bonchev–Trinajstić information content (AvgIpc) is 2.46. The molecule has 1 aromatic heterocycles. The molecule has 5 heteroatoms. The molecule has 0 atom stereocenters. The first kappa shape index (κ1) is 14.4. The molecular weight excluding hydrogens is 396 g/mol. The van der Waals surface area contributed by atoms with Crippen molar-refractivity contribution in [2.75, 3.05) is 5.73 Å². The van der Waals surface area contributed by atoms with Gasteiger partial charge in [0.2, 0.25) is 0 Å². The molecule has 0 aliphatic rings. The number of rotatable bonds is 3. The molecule has 0 saturated heterocycles. The number of hydrogen-bond donors (Lipinski definition) is 1. The molecule has 3 nitrogen and oxygen atoms in total. The van der Waals surface area contributed by atoms with Crippen molar-refractivity contribution in [2.45, 2.75) is 6.61 Å². The standard InChI is InChI=1S/C16H12Br2N2O/c17-11-3-1-2-10(6-11)9-21-16-13-7-12(18)4-5-15(13)20-8-14(16)19/h1-8H,9,19H2. The van der Waals surface area contributed by atoms with Gasteiger partial charge in [-0.3, -0.25) is 4.98 Å². The molecular formula is C16H12Br2N2O. The minimum absolute atomic E-state index is 0.454. The van der Waals surface area contributed by atoms with Crippen LogP contribution in [0.5, 0.6) is 5.75 Å². The van der Waals surface area contributed by atoms with Crippen LogP contribution in [0.4, 0.5) is 5.69 Å². The number of nitrogens with two attached hydrogens (primary N) is 1. The van der Waals surface area contributed by atoms with Gasteiger partial charge in [-0.25, -0.2) is 0 Å². The van der Waals surface area contributed by atoms with E-state index in [0.29, 0.717) is 18.0 Å². The Morgan fingerprint density at radius 3 is 2.67 bits per heavy atom. The van der Waals surface area contributed by atoms with Crippen LogP contribution in [-0.4, -0.2) is 4.98 Å². The second kappa shape index (κ2) is 6.03. The first-order valence-electron chi connectivity index (χ1n) is 6.34. The first-order chi connectivity index (χ1) is 10.1. The number of pyridine rings is 1. The Morgan fingerprint density at radius 1 is 1.05 bits per heavy atom. The van der Waals surface area contributed by atoms with Gasteiger partial charge in [0, 0.05) is 14.3 Å². The second-order valence-corrected chi connectivity index (χ2v) is 6.45. The average molecular weight is 408 g/mol. The van der Waals surface area contributed by atoms with Gasteiger partial charge in [-0.05, 0) is 35.9 Å². The van der Waals surface area contributed by atoms with E-state index >= 15 is 0 Å². The summed E-state index contributed by atoms with van der Waals surface area (Å²) in [6.45, 7) is 0.454. The zero-order chi connectivity index (χ0) is 14.8. The van der Waals surface area contributed by atoms with Gasteiger partial charge in [-0.1, -0.05) is 44.0 Å². The van der Waals surface area contributed by atoms with Crippen molar-refractivity contribution < 1.29 is 4.74 Å². The summed E-state index contributed by atoms with van der Waals surface area (Å²) < 4.78 is 7.93. The first-order valence-corrected chi connectivity index (χ1v) is 7.93. The highest BCUT2D eigenvalue weighted by molar-refractivity contribution is 9.10. The van der Waals surface area contributed by atoms with E-state index in [1.165, 1.54) is 0 Å². The largest absolute Gasteiger partial charge is 0.486 e. The minimum Gasteiger partial charge on any atom is -0.486 e. The Labute approximate surface area is 139 Å². The SMILES string of the molecule is Nc1cnc2ccc(Br)cc2c1OCc1cccc(Br)c1. The Hall–Kier alpha value is -1.59. The molecule has 106 valence electrons. The van der Waals surface area contributed by atoms with E-state index in [4.69, 9.17) is 10.5 Å². The fraction of sp³-hybridized carbons (Fsp3) is 0.0625. The molecule has 3 aromatic rings. The third kappa shape index (κ3) is 3.19. The normalized spacial score (nSPS) is 10.8. The van der Waals surface area contributed by atoms with Crippen LogP contribution in [0.2, 0.25) is 0 Å². The molecule has 0 bridgehead atoms. The van der Waals surface area contributed by atoms with Gasteiger partial charge in [0.25, 0.3) is 0 Å². The lowest BCUT2D eigenvalue weighted by Gasteiger charge is -2.12. The Kier molecular flexibility index (Phi) is 4.12. The highest BCUT2D eigenvalue weighted by Gasteiger charge is 2.09. The van der Waals surface area contributed by atoms with E-state index < -0.39 is 0 Å². The van der Waals surface area contributed by atoms with E-state index in [9.17, 15) is 0 Å². The van der Waals surface area contributed by atoms with Crippen molar-refractivity contribution in [3.8, 4) is 5.75 Å². The van der Waals surface area contributed by atoms with Crippen LogP contribution in [0.1, 0.15) is 5.56 Å². The van der Waals surface area contributed by atoms with Gasteiger partial charge in [-0.2, -0.15) is 0 Å².